The van der Waals surface area contributed by atoms with Gasteiger partial charge >= 0.3 is 0 Å². The molecule has 0 saturated heterocycles. The molecular formula is C15H12BrF3O. The quantitative estimate of drug-likeness (QED) is 0.724. The van der Waals surface area contributed by atoms with Gasteiger partial charge in [-0.1, -0.05) is 28.1 Å². The van der Waals surface area contributed by atoms with E-state index in [1.807, 2.05) is 0 Å². The van der Waals surface area contributed by atoms with Crippen LogP contribution in [0.25, 0.3) is 0 Å². The third kappa shape index (κ3) is 3.15. The molecule has 1 atom stereocenters. The zero-order valence-electron chi connectivity index (χ0n) is 10.7. The molecule has 0 bridgehead atoms. The van der Waals surface area contributed by atoms with Gasteiger partial charge in [0.05, 0.1) is 7.11 Å². The van der Waals surface area contributed by atoms with Gasteiger partial charge in [-0.25, -0.2) is 13.2 Å². The molecule has 0 aliphatic heterocycles. The van der Waals surface area contributed by atoms with Gasteiger partial charge in [0.2, 0.25) is 0 Å². The molecule has 2 aromatic rings. The van der Waals surface area contributed by atoms with Gasteiger partial charge in [0.1, 0.15) is 11.6 Å². The SMILES string of the molecule is COc1ccc(F)cc1C(Br)Cc1cccc(F)c1F. The van der Waals surface area contributed by atoms with Crippen LogP contribution in [0.2, 0.25) is 0 Å². The predicted molar refractivity (Wildman–Crippen MR) is 74.7 cm³/mol. The van der Waals surface area contributed by atoms with Gasteiger partial charge in [-0.05, 0) is 36.2 Å². The van der Waals surface area contributed by atoms with Gasteiger partial charge in [0.25, 0.3) is 0 Å². The zero-order valence-corrected chi connectivity index (χ0v) is 12.3. The van der Waals surface area contributed by atoms with Crippen molar-refractivity contribution >= 4 is 15.9 Å². The monoisotopic (exact) mass is 344 g/mol. The van der Waals surface area contributed by atoms with E-state index in [1.165, 1.54) is 37.4 Å². The molecule has 1 nitrogen and oxygen atoms in total. The van der Waals surface area contributed by atoms with Crippen molar-refractivity contribution in [2.24, 2.45) is 0 Å². The highest BCUT2D eigenvalue weighted by molar-refractivity contribution is 9.09. The lowest BCUT2D eigenvalue weighted by Crippen LogP contribution is -2.02. The average molecular weight is 345 g/mol. The maximum absolute atomic E-state index is 13.6. The van der Waals surface area contributed by atoms with E-state index in [9.17, 15) is 13.2 Å². The molecule has 5 heteroatoms. The number of ether oxygens (including phenoxy) is 1. The first-order valence-electron chi connectivity index (χ1n) is 5.93. The van der Waals surface area contributed by atoms with Crippen LogP contribution in [0.3, 0.4) is 0 Å². The molecule has 20 heavy (non-hydrogen) atoms. The van der Waals surface area contributed by atoms with Crippen LogP contribution in [-0.4, -0.2) is 7.11 Å². The van der Waals surface area contributed by atoms with E-state index < -0.39 is 17.5 Å². The Morgan fingerprint density at radius 3 is 2.60 bits per heavy atom. The second-order valence-corrected chi connectivity index (χ2v) is 5.38. The minimum atomic E-state index is -0.895. The Balaban J connectivity index is 2.30. The predicted octanol–water partition coefficient (Wildman–Crippen LogP) is 4.79. The van der Waals surface area contributed by atoms with Crippen LogP contribution in [0.4, 0.5) is 13.2 Å². The molecule has 0 radical (unpaired) electrons. The van der Waals surface area contributed by atoms with E-state index in [2.05, 4.69) is 15.9 Å². The Morgan fingerprint density at radius 2 is 1.90 bits per heavy atom. The van der Waals surface area contributed by atoms with Gasteiger partial charge in [0, 0.05) is 10.4 Å². The van der Waals surface area contributed by atoms with Crippen molar-refractivity contribution in [3.05, 3.63) is 65.0 Å². The fourth-order valence-electron chi connectivity index (χ4n) is 1.96. The van der Waals surface area contributed by atoms with Gasteiger partial charge in [-0.2, -0.15) is 0 Å². The van der Waals surface area contributed by atoms with E-state index >= 15 is 0 Å². The van der Waals surface area contributed by atoms with Crippen LogP contribution in [-0.2, 0) is 6.42 Å². The summed E-state index contributed by atoms with van der Waals surface area (Å²) in [5, 5.41) is 0. The summed E-state index contributed by atoms with van der Waals surface area (Å²) in [7, 11) is 1.47. The van der Waals surface area contributed by atoms with E-state index in [-0.39, 0.29) is 16.8 Å². The minimum absolute atomic E-state index is 0.184. The topological polar surface area (TPSA) is 9.23 Å². The van der Waals surface area contributed by atoms with Crippen LogP contribution in [0.1, 0.15) is 16.0 Å². The highest BCUT2D eigenvalue weighted by atomic mass is 79.9. The Kier molecular flexibility index (Phi) is 4.70. The van der Waals surface area contributed by atoms with Crippen LogP contribution in [0.15, 0.2) is 36.4 Å². The molecular weight excluding hydrogens is 333 g/mol. The fraction of sp³-hybridized carbons (Fsp3) is 0.200. The lowest BCUT2D eigenvalue weighted by Gasteiger charge is -2.15. The van der Waals surface area contributed by atoms with E-state index in [1.54, 1.807) is 0 Å². The third-order valence-electron chi connectivity index (χ3n) is 2.96. The molecule has 0 saturated carbocycles. The Labute approximate surface area is 123 Å². The number of rotatable bonds is 4. The van der Waals surface area contributed by atoms with Crippen molar-refractivity contribution < 1.29 is 17.9 Å². The average Bonchev–Trinajstić information content (AvgIpc) is 2.43. The largest absolute Gasteiger partial charge is 0.496 e. The minimum Gasteiger partial charge on any atom is -0.496 e. The molecule has 0 fully saturated rings. The summed E-state index contributed by atoms with van der Waals surface area (Å²) in [5.41, 5.74) is 0.773. The van der Waals surface area contributed by atoms with Gasteiger partial charge in [-0.3, -0.25) is 0 Å². The van der Waals surface area contributed by atoms with Crippen molar-refractivity contribution in [3.63, 3.8) is 0 Å². The van der Waals surface area contributed by atoms with Crippen molar-refractivity contribution in [2.45, 2.75) is 11.2 Å². The van der Waals surface area contributed by atoms with Crippen LogP contribution < -0.4 is 4.74 Å². The van der Waals surface area contributed by atoms with Crippen LogP contribution in [0, 0.1) is 17.5 Å². The lowest BCUT2D eigenvalue weighted by molar-refractivity contribution is 0.408. The number of halogens is 4. The number of methoxy groups -OCH3 is 1. The lowest BCUT2D eigenvalue weighted by atomic mass is 10.0. The van der Waals surface area contributed by atoms with Crippen molar-refractivity contribution in [2.75, 3.05) is 7.11 Å². The Bertz CT molecular complexity index is 616. The second kappa shape index (κ2) is 6.31. The Morgan fingerprint density at radius 1 is 1.15 bits per heavy atom. The molecule has 0 heterocycles. The first kappa shape index (κ1) is 14.9. The molecule has 0 aliphatic carbocycles. The van der Waals surface area contributed by atoms with E-state index in [4.69, 9.17) is 4.74 Å². The molecule has 0 aromatic heterocycles. The molecule has 106 valence electrons. The van der Waals surface area contributed by atoms with Gasteiger partial charge in [0.15, 0.2) is 11.6 Å². The molecule has 1 unspecified atom stereocenters. The molecule has 2 aromatic carbocycles. The number of hydrogen-bond acceptors (Lipinski definition) is 1. The first-order chi connectivity index (χ1) is 9.52. The van der Waals surface area contributed by atoms with Crippen molar-refractivity contribution in [1.29, 1.82) is 0 Å². The summed E-state index contributed by atoms with van der Waals surface area (Å²) < 4.78 is 45.3. The van der Waals surface area contributed by atoms with Gasteiger partial charge in [-0.15, -0.1) is 0 Å². The fourth-order valence-corrected chi connectivity index (χ4v) is 2.67. The Hall–Kier alpha value is -1.49. The van der Waals surface area contributed by atoms with Crippen molar-refractivity contribution in [3.8, 4) is 5.75 Å². The molecule has 0 amide bonds. The summed E-state index contributed by atoms with van der Waals surface area (Å²) in [6.45, 7) is 0. The second-order valence-electron chi connectivity index (χ2n) is 4.27. The number of benzene rings is 2. The summed E-state index contributed by atoms with van der Waals surface area (Å²) >= 11 is 3.37. The molecule has 0 spiro atoms. The van der Waals surface area contributed by atoms with E-state index in [0.717, 1.165) is 6.07 Å². The molecule has 0 N–H and O–H groups in total. The molecule has 2 rings (SSSR count). The third-order valence-corrected chi connectivity index (χ3v) is 3.78. The van der Waals surface area contributed by atoms with Crippen molar-refractivity contribution in [1.82, 2.24) is 0 Å². The molecule has 0 aliphatic rings. The summed E-state index contributed by atoms with van der Waals surface area (Å²) in [6.07, 6.45) is 0.184. The summed E-state index contributed by atoms with van der Waals surface area (Å²) in [5.74, 6) is -1.70. The van der Waals surface area contributed by atoms with Gasteiger partial charge < -0.3 is 4.74 Å². The zero-order chi connectivity index (χ0) is 14.7. The normalized spacial score (nSPS) is 12.2. The first-order valence-corrected chi connectivity index (χ1v) is 6.85. The number of alkyl halides is 1. The standard InChI is InChI=1S/C15H12BrF3O/c1-20-14-6-5-10(17)8-11(14)12(16)7-9-3-2-4-13(18)15(9)19/h2-6,8,12H,7H2,1H3. The highest BCUT2D eigenvalue weighted by Gasteiger charge is 2.17. The van der Waals surface area contributed by atoms with Crippen LogP contribution >= 0.6 is 15.9 Å². The van der Waals surface area contributed by atoms with Crippen LogP contribution in [0.5, 0.6) is 5.75 Å². The highest BCUT2D eigenvalue weighted by Crippen LogP contribution is 2.35. The smallest absolute Gasteiger partial charge is 0.162 e. The van der Waals surface area contributed by atoms with E-state index in [0.29, 0.717) is 11.3 Å². The maximum Gasteiger partial charge on any atom is 0.162 e. The summed E-state index contributed by atoms with van der Waals surface area (Å²) in [6, 6.07) is 8.10. The maximum atomic E-state index is 13.6. The number of hydrogen-bond donors (Lipinski definition) is 0. The summed E-state index contributed by atoms with van der Waals surface area (Å²) in [4.78, 5) is -0.385.